The maximum absolute atomic E-state index is 13.6. The lowest BCUT2D eigenvalue weighted by Gasteiger charge is -2.30. The van der Waals surface area contributed by atoms with E-state index < -0.39 is 5.92 Å². The van der Waals surface area contributed by atoms with E-state index in [1.807, 2.05) is 50.2 Å². The topological polar surface area (TPSA) is 123 Å². The largest absolute Gasteiger partial charge is 0.504 e. The van der Waals surface area contributed by atoms with Crippen LogP contribution in [-0.2, 0) is 16.0 Å². The number of phenols is 1. The smallest absolute Gasteiger partial charge is 0.254 e. The fourth-order valence-electron chi connectivity index (χ4n) is 4.77. The number of anilines is 2. The predicted octanol–water partition coefficient (Wildman–Crippen LogP) is 5.98. The second kappa shape index (κ2) is 13.1. The summed E-state index contributed by atoms with van der Waals surface area (Å²) in [5, 5.41) is 30.2. The van der Waals surface area contributed by atoms with Crippen LogP contribution < -0.4 is 20.7 Å². The number of nitrogens with zero attached hydrogens (tertiary/aromatic N) is 1. The van der Waals surface area contributed by atoms with Crippen LogP contribution in [0.1, 0.15) is 36.5 Å². The van der Waals surface area contributed by atoms with Gasteiger partial charge in [0.25, 0.3) is 5.91 Å². The van der Waals surface area contributed by atoms with Crippen molar-refractivity contribution in [2.75, 3.05) is 23.5 Å². The molecule has 0 saturated heterocycles. The first-order chi connectivity index (χ1) is 19.8. The maximum atomic E-state index is 13.6. The van der Waals surface area contributed by atoms with Crippen LogP contribution in [0.4, 0.5) is 11.4 Å². The van der Waals surface area contributed by atoms with Gasteiger partial charge in [-0.15, -0.1) is 0 Å². The molecule has 210 valence electrons. The van der Waals surface area contributed by atoms with Gasteiger partial charge in [-0.2, -0.15) is 5.26 Å². The standard InChI is InChI=1S/C32H32N4O4S/c1-5-21-11-9-10-19(2)30(21)36-27(38)18-41-32-24(17-33)29(22-14-15-25(37)26(16-22)40-4)28(20(3)34-32)31(39)35-23-12-7-6-8-13-23/h6-16,29,34,37H,5,18H2,1-4H3,(H,35,39)(H,36,38)/t29-/m0/s1. The molecule has 1 aliphatic heterocycles. The molecule has 1 aliphatic rings. The van der Waals surface area contributed by atoms with Crippen LogP contribution in [0.15, 0.2) is 88.6 Å². The first-order valence-electron chi connectivity index (χ1n) is 13.1. The van der Waals surface area contributed by atoms with Gasteiger partial charge in [-0.25, -0.2) is 0 Å². The van der Waals surface area contributed by atoms with E-state index in [1.54, 1.807) is 31.2 Å². The Bertz CT molecular complexity index is 1570. The molecule has 4 N–H and O–H groups in total. The third-order valence-corrected chi connectivity index (χ3v) is 7.83. The molecule has 0 aliphatic carbocycles. The van der Waals surface area contributed by atoms with Crippen molar-refractivity contribution in [1.82, 2.24) is 5.32 Å². The lowest BCUT2D eigenvalue weighted by atomic mass is 9.82. The number of nitriles is 1. The minimum atomic E-state index is -0.770. The van der Waals surface area contributed by atoms with Crippen LogP contribution in [0.2, 0.25) is 0 Å². The first-order valence-corrected chi connectivity index (χ1v) is 14.1. The normalized spacial score (nSPS) is 14.7. The zero-order valence-electron chi connectivity index (χ0n) is 23.4. The molecule has 1 atom stereocenters. The zero-order chi connectivity index (χ0) is 29.5. The molecule has 0 aromatic heterocycles. The molecule has 4 rings (SSSR count). The van der Waals surface area contributed by atoms with Crippen LogP contribution in [0, 0.1) is 18.3 Å². The van der Waals surface area contributed by atoms with Crippen molar-refractivity contribution in [2.45, 2.75) is 33.1 Å². The third-order valence-electron chi connectivity index (χ3n) is 6.81. The molecular formula is C32H32N4O4S. The fraction of sp³-hybridized carbons (Fsp3) is 0.219. The van der Waals surface area contributed by atoms with Crippen molar-refractivity contribution in [1.29, 1.82) is 5.26 Å². The summed E-state index contributed by atoms with van der Waals surface area (Å²) in [7, 11) is 1.44. The molecule has 0 saturated carbocycles. The number of hydrogen-bond acceptors (Lipinski definition) is 7. The lowest BCUT2D eigenvalue weighted by Crippen LogP contribution is -2.31. The van der Waals surface area contributed by atoms with E-state index in [2.05, 4.69) is 22.0 Å². The molecule has 2 amide bonds. The van der Waals surface area contributed by atoms with Crippen LogP contribution in [0.5, 0.6) is 11.5 Å². The Kier molecular flexibility index (Phi) is 9.37. The molecule has 3 aromatic rings. The van der Waals surface area contributed by atoms with E-state index in [0.717, 1.165) is 23.2 Å². The number of thioether (sulfide) groups is 1. The molecule has 9 heteroatoms. The van der Waals surface area contributed by atoms with Gasteiger partial charge in [0.2, 0.25) is 5.91 Å². The average molecular weight is 569 g/mol. The third kappa shape index (κ3) is 6.56. The second-order valence-corrected chi connectivity index (χ2v) is 10.5. The Morgan fingerprint density at radius 2 is 1.83 bits per heavy atom. The summed E-state index contributed by atoms with van der Waals surface area (Å²) in [5.41, 5.74) is 5.20. The number of carbonyl (C=O) groups excluding carboxylic acids is 2. The Balaban J connectivity index is 1.68. The van der Waals surface area contributed by atoms with Crippen molar-refractivity contribution >= 4 is 35.0 Å². The summed E-state index contributed by atoms with van der Waals surface area (Å²) in [6, 6.07) is 22.0. The number of ether oxygens (including phenoxy) is 1. The molecule has 0 spiro atoms. The second-order valence-electron chi connectivity index (χ2n) is 9.50. The monoisotopic (exact) mass is 568 g/mol. The number of aromatic hydroxyl groups is 1. The van der Waals surface area contributed by atoms with Gasteiger partial charge in [-0.1, -0.05) is 61.2 Å². The lowest BCUT2D eigenvalue weighted by molar-refractivity contribution is -0.114. The molecule has 0 bridgehead atoms. The summed E-state index contributed by atoms with van der Waals surface area (Å²) in [4.78, 5) is 26.6. The molecule has 0 fully saturated rings. The highest BCUT2D eigenvalue weighted by atomic mass is 32.2. The van der Waals surface area contributed by atoms with Crippen molar-refractivity contribution in [3.63, 3.8) is 0 Å². The van der Waals surface area contributed by atoms with Crippen molar-refractivity contribution in [3.8, 4) is 17.6 Å². The van der Waals surface area contributed by atoms with E-state index in [1.165, 1.54) is 24.9 Å². The van der Waals surface area contributed by atoms with Gasteiger partial charge < -0.3 is 25.8 Å². The van der Waals surface area contributed by atoms with Crippen LogP contribution >= 0.6 is 11.8 Å². The fourth-order valence-corrected chi connectivity index (χ4v) is 5.66. The quantitative estimate of drug-likeness (QED) is 0.250. The molecule has 3 aromatic carbocycles. The summed E-state index contributed by atoms with van der Waals surface area (Å²) in [6.45, 7) is 5.75. The highest BCUT2D eigenvalue weighted by Crippen LogP contribution is 2.43. The number of allylic oxidation sites excluding steroid dienone is 2. The number of amides is 2. The number of methoxy groups -OCH3 is 1. The zero-order valence-corrected chi connectivity index (χ0v) is 24.2. The molecule has 41 heavy (non-hydrogen) atoms. The summed E-state index contributed by atoms with van der Waals surface area (Å²) in [5.74, 6) is -1.14. The van der Waals surface area contributed by atoms with E-state index >= 15 is 0 Å². The number of hydrogen-bond donors (Lipinski definition) is 4. The molecule has 1 heterocycles. The van der Waals surface area contributed by atoms with Crippen molar-refractivity contribution in [3.05, 3.63) is 105 Å². The molecule has 8 nitrogen and oxygen atoms in total. The van der Waals surface area contributed by atoms with E-state index in [9.17, 15) is 20.0 Å². The van der Waals surface area contributed by atoms with Gasteiger partial charge in [0, 0.05) is 22.6 Å². The minimum absolute atomic E-state index is 0.0510. The van der Waals surface area contributed by atoms with Crippen LogP contribution in [0.3, 0.4) is 0 Å². The van der Waals surface area contributed by atoms with E-state index in [4.69, 9.17) is 4.74 Å². The Morgan fingerprint density at radius 3 is 2.51 bits per heavy atom. The first kappa shape index (κ1) is 29.3. The Hall–Kier alpha value is -4.68. The number of para-hydroxylation sites is 2. The molecule has 0 unspecified atom stereocenters. The summed E-state index contributed by atoms with van der Waals surface area (Å²) < 4.78 is 5.32. The average Bonchev–Trinajstić information content (AvgIpc) is 2.97. The number of phenolic OH excluding ortho intramolecular Hbond substituents is 1. The van der Waals surface area contributed by atoms with Crippen molar-refractivity contribution < 1.29 is 19.4 Å². The number of rotatable bonds is 9. The predicted molar refractivity (Wildman–Crippen MR) is 163 cm³/mol. The summed E-state index contributed by atoms with van der Waals surface area (Å²) in [6.07, 6.45) is 0.783. The number of aryl methyl sites for hydroxylation is 2. The SMILES string of the molecule is CCc1cccc(C)c1NC(=O)CSC1=C(C#N)[C@H](c2ccc(O)c(OC)c2)C(C(=O)Nc2ccccc2)=C(C)N1. The number of benzene rings is 3. The van der Waals surface area contributed by atoms with Gasteiger partial charge in [0.15, 0.2) is 11.5 Å². The maximum Gasteiger partial charge on any atom is 0.254 e. The van der Waals surface area contributed by atoms with E-state index in [0.29, 0.717) is 27.6 Å². The highest BCUT2D eigenvalue weighted by molar-refractivity contribution is 8.03. The van der Waals surface area contributed by atoms with Crippen molar-refractivity contribution in [2.24, 2.45) is 0 Å². The summed E-state index contributed by atoms with van der Waals surface area (Å²) >= 11 is 1.20. The van der Waals surface area contributed by atoms with Crippen LogP contribution in [-0.4, -0.2) is 29.8 Å². The van der Waals surface area contributed by atoms with Crippen LogP contribution in [0.25, 0.3) is 0 Å². The Labute approximate surface area is 244 Å². The van der Waals surface area contributed by atoms with E-state index in [-0.39, 0.29) is 34.6 Å². The number of dihydropyridines is 1. The van der Waals surface area contributed by atoms with Gasteiger partial charge >= 0.3 is 0 Å². The number of carbonyl (C=O) groups is 2. The Morgan fingerprint density at radius 1 is 1.07 bits per heavy atom. The number of nitrogens with one attached hydrogen (secondary N) is 3. The minimum Gasteiger partial charge on any atom is -0.504 e. The highest BCUT2D eigenvalue weighted by Gasteiger charge is 2.35. The molecular weight excluding hydrogens is 536 g/mol. The molecule has 0 radical (unpaired) electrons. The van der Waals surface area contributed by atoms with Gasteiger partial charge in [-0.05, 0) is 61.2 Å². The van der Waals surface area contributed by atoms with Gasteiger partial charge in [-0.3, -0.25) is 9.59 Å². The van der Waals surface area contributed by atoms with Gasteiger partial charge in [0.05, 0.1) is 35.5 Å². The van der Waals surface area contributed by atoms with Gasteiger partial charge in [0.1, 0.15) is 0 Å².